The van der Waals surface area contributed by atoms with E-state index in [4.69, 9.17) is 0 Å². The summed E-state index contributed by atoms with van der Waals surface area (Å²) >= 11 is 0. The van der Waals surface area contributed by atoms with E-state index in [9.17, 15) is 14.3 Å². The second-order valence-corrected chi connectivity index (χ2v) is 5.09. The van der Waals surface area contributed by atoms with E-state index in [1.54, 1.807) is 12.1 Å². The number of hydrogen-bond acceptors (Lipinski definition) is 2. The second-order valence-electron chi connectivity index (χ2n) is 5.09. The van der Waals surface area contributed by atoms with Crippen LogP contribution < -0.4 is 10.6 Å². The van der Waals surface area contributed by atoms with Gasteiger partial charge in [-0.15, -0.1) is 0 Å². The number of nitrogens with one attached hydrogen (secondary N) is 2. The summed E-state index contributed by atoms with van der Waals surface area (Å²) in [6.45, 7) is 2.33. The highest BCUT2D eigenvalue weighted by Crippen LogP contribution is 2.15. The Bertz CT molecular complexity index is 629. The van der Waals surface area contributed by atoms with Gasteiger partial charge < -0.3 is 15.7 Å². The molecular formula is C17H19FN2O2. The Morgan fingerprint density at radius 2 is 1.82 bits per heavy atom. The molecule has 2 aromatic carbocycles. The summed E-state index contributed by atoms with van der Waals surface area (Å²) in [4.78, 5) is 11.7. The molecule has 0 aliphatic carbocycles. The quantitative estimate of drug-likeness (QED) is 0.795. The second kappa shape index (κ2) is 7.56. The van der Waals surface area contributed by atoms with E-state index >= 15 is 0 Å². The summed E-state index contributed by atoms with van der Waals surface area (Å²) < 4.78 is 13.5. The van der Waals surface area contributed by atoms with Gasteiger partial charge >= 0.3 is 6.03 Å². The van der Waals surface area contributed by atoms with E-state index in [0.29, 0.717) is 6.54 Å². The van der Waals surface area contributed by atoms with Crippen molar-refractivity contribution in [2.75, 3.05) is 6.54 Å². The van der Waals surface area contributed by atoms with Crippen LogP contribution in [0.25, 0.3) is 0 Å². The first-order valence-corrected chi connectivity index (χ1v) is 7.06. The molecule has 0 fully saturated rings. The normalized spacial score (nSPS) is 11.8. The van der Waals surface area contributed by atoms with Crippen LogP contribution in [0.15, 0.2) is 48.5 Å². The summed E-state index contributed by atoms with van der Waals surface area (Å²) in [5, 5.41) is 15.1. The lowest BCUT2D eigenvalue weighted by Gasteiger charge is -2.13. The van der Waals surface area contributed by atoms with Crippen molar-refractivity contribution < 1.29 is 14.3 Å². The third-order valence-electron chi connectivity index (χ3n) is 3.29. The zero-order chi connectivity index (χ0) is 15.9. The predicted molar refractivity (Wildman–Crippen MR) is 82.8 cm³/mol. The van der Waals surface area contributed by atoms with Gasteiger partial charge in [0, 0.05) is 18.7 Å². The number of carbonyl (C=O) groups is 1. The predicted octanol–water partition coefficient (Wildman–Crippen LogP) is 2.67. The molecule has 5 heteroatoms. The van der Waals surface area contributed by atoms with E-state index in [-0.39, 0.29) is 12.1 Å². The van der Waals surface area contributed by atoms with Crippen LogP contribution in [0.5, 0.6) is 0 Å². The maximum absolute atomic E-state index is 13.5. The number of aryl methyl sites for hydroxylation is 1. The standard InChI is InChI=1S/C17H19FN2O2/c1-12-6-8-13(9-7-12)10-19-17(22)20-11-16(21)14-4-2-3-5-15(14)18/h2-9,16,21H,10-11H2,1H3,(H2,19,20,22). The molecular weight excluding hydrogens is 283 g/mol. The molecule has 0 heterocycles. The maximum Gasteiger partial charge on any atom is 0.315 e. The summed E-state index contributed by atoms with van der Waals surface area (Å²) in [6, 6.07) is 13.4. The van der Waals surface area contributed by atoms with Crippen LogP contribution in [0.3, 0.4) is 0 Å². The fraction of sp³-hybridized carbons (Fsp3) is 0.235. The highest BCUT2D eigenvalue weighted by atomic mass is 19.1. The smallest absolute Gasteiger partial charge is 0.315 e. The van der Waals surface area contributed by atoms with Crippen molar-refractivity contribution in [3.63, 3.8) is 0 Å². The molecule has 0 aliphatic heterocycles. The molecule has 0 aromatic heterocycles. The van der Waals surface area contributed by atoms with Crippen LogP contribution in [-0.2, 0) is 6.54 Å². The SMILES string of the molecule is Cc1ccc(CNC(=O)NCC(O)c2ccccc2F)cc1. The van der Waals surface area contributed by atoms with Gasteiger partial charge in [-0.25, -0.2) is 9.18 Å². The van der Waals surface area contributed by atoms with E-state index in [1.807, 2.05) is 31.2 Å². The van der Waals surface area contributed by atoms with Crippen molar-refractivity contribution in [3.8, 4) is 0 Å². The lowest BCUT2D eigenvalue weighted by molar-refractivity contribution is 0.169. The van der Waals surface area contributed by atoms with Crippen molar-refractivity contribution in [3.05, 3.63) is 71.0 Å². The van der Waals surface area contributed by atoms with Gasteiger partial charge in [-0.2, -0.15) is 0 Å². The molecule has 0 saturated heterocycles. The summed E-state index contributed by atoms with van der Waals surface area (Å²) in [5.74, 6) is -0.489. The summed E-state index contributed by atoms with van der Waals surface area (Å²) in [5.41, 5.74) is 2.30. The van der Waals surface area contributed by atoms with Gasteiger partial charge in [-0.3, -0.25) is 0 Å². The van der Waals surface area contributed by atoms with Crippen molar-refractivity contribution in [2.45, 2.75) is 19.6 Å². The molecule has 3 N–H and O–H groups in total. The van der Waals surface area contributed by atoms with Crippen LogP contribution in [-0.4, -0.2) is 17.7 Å². The number of aliphatic hydroxyl groups excluding tert-OH is 1. The van der Waals surface area contributed by atoms with Crippen LogP contribution in [0.2, 0.25) is 0 Å². The zero-order valence-corrected chi connectivity index (χ0v) is 12.3. The van der Waals surface area contributed by atoms with Gasteiger partial charge in [-0.05, 0) is 18.6 Å². The molecule has 0 saturated carbocycles. The molecule has 116 valence electrons. The highest BCUT2D eigenvalue weighted by molar-refractivity contribution is 5.73. The highest BCUT2D eigenvalue weighted by Gasteiger charge is 2.13. The molecule has 2 aromatic rings. The number of rotatable bonds is 5. The molecule has 0 bridgehead atoms. The van der Waals surface area contributed by atoms with E-state index in [1.165, 1.54) is 12.1 Å². The van der Waals surface area contributed by atoms with Crippen LogP contribution >= 0.6 is 0 Å². The first kappa shape index (κ1) is 16.0. The van der Waals surface area contributed by atoms with Crippen LogP contribution in [0.1, 0.15) is 22.8 Å². The van der Waals surface area contributed by atoms with Crippen molar-refractivity contribution in [1.82, 2.24) is 10.6 Å². The number of halogens is 1. The van der Waals surface area contributed by atoms with Gasteiger partial charge in [0.1, 0.15) is 5.82 Å². The summed E-state index contributed by atoms with van der Waals surface area (Å²) in [6.07, 6.45) is -1.08. The minimum atomic E-state index is -1.08. The molecule has 4 nitrogen and oxygen atoms in total. The van der Waals surface area contributed by atoms with Gasteiger partial charge in [-0.1, -0.05) is 48.0 Å². The third kappa shape index (κ3) is 4.56. The van der Waals surface area contributed by atoms with Gasteiger partial charge in [0.25, 0.3) is 0 Å². The monoisotopic (exact) mass is 302 g/mol. The van der Waals surface area contributed by atoms with Crippen LogP contribution in [0.4, 0.5) is 9.18 Å². The Labute approximate surface area is 129 Å². The topological polar surface area (TPSA) is 61.4 Å². The zero-order valence-electron chi connectivity index (χ0n) is 12.3. The molecule has 0 aliphatic rings. The lowest BCUT2D eigenvalue weighted by Crippen LogP contribution is -2.37. The van der Waals surface area contributed by atoms with Crippen LogP contribution in [0, 0.1) is 12.7 Å². The Hall–Kier alpha value is -2.40. The minimum absolute atomic E-state index is 0.0549. The number of benzene rings is 2. The number of hydrogen-bond donors (Lipinski definition) is 3. The number of aliphatic hydroxyl groups is 1. The van der Waals surface area contributed by atoms with Crippen molar-refractivity contribution >= 4 is 6.03 Å². The van der Waals surface area contributed by atoms with Gasteiger partial charge in [0.2, 0.25) is 0 Å². The Morgan fingerprint density at radius 1 is 1.14 bits per heavy atom. The lowest BCUT2D eigenvalue weighted by atomic mass is 10.1. The fourth-order valence-electron chi connectivity index (χ4n) is 2.00. The molecule has 1 unspecified atom stereocenters. The molecule has 2 rings (SSSR count). The van der Waals surface area contributed by atoms with E-state index in [0.717, 1.165) is 11.1 Å². The third-order valence-corrected chi connectivity index (χ3v) is 3.29. The van der Waals surface area contributed by atoms with E-state index in [2.05, 4.69) is 10.6 Å². The fourth-order valence-corrected chi connectivity index (χ4v) is 2.00. The Morgan fingerprint density at radius 3 is 2.50 bits per heavy atom. The average Bonchev–Trinajstić information content (AvgIpc) is 2.52. The molecule has 0 spiro atoms. The van der Waals surface area contributed by atoms with E-state index < -0.39 is 18.0 Å². The molecule has 1 atom stereocenters. The number of carbonyl (C=O) groups excluding carboxylic acids is 1. The number of amides is 2. The molecule has 2 amide bonds. The van der Waals surface area contributed by atoms with Gasteiger partial charge in [0.05, 0.1) is 6.10 Å². The summed E-state index contributed by atoms with van der Waals surface area (Å²) in [7, 11) is 0. The Kier molecular flexibility index (Phi) is 5.49. The first-order valence-electron chi connectivity index (χ1n) is 7.06. The molecule has 22 heavy (non-hydrogen) atoms. The van der Waals surface area contributed by atoms with Crippen molar-refractivity contribution in [1.29, 1.82) is 0 Å². The number of urea groups is 1. The Balaban J connectivity index is 1.78. The maximum atomic E-state index is 13.5. The van der Waals surface area contributed by atoms with Crippen molar-refractivity contribution in [2.24, 2.45) is 0 Å². The first-order chi connectivity index (χ1) is 10.6. The van der Waals surface area contributed by atoms with Gasteiger partial charge in [0.15, 0.2) is 0 Å². The minimum Gasteiger partial charge on any atom is -0.386 e. The average molecular weight is 302 g/mol. The molecule has 0 radical (unpaired) electrons. The largest absolute Gasteiger partial charge is 0.386 e.